The first-order valence-electron chi connectivity index (χ1n) is 17.2. The van der Waals surface area contributed by atoms with Gasteiger partial charge in [-0.05, 0) is 19.3 Å². The molecule has 0 N–H and O–H groups in total. The SMILES string of the molecule is CCCCCCCCCCCOP(=O)(SCCCCCCCCCCC)SCCCCCCCCCCC. The van der Waals surface area contributed by atoms with Crippen LogP contribution in [-0.4, -0.2) is 18.1 Å². The van der Waals surface area contributed by atoms with Crippen molar-refractivity contribution in [2.24, 2.45) is 0 Å². The highest BCUT2D eigenvalue weighted by atomic mass is 33.1. The van der Waals surface area contributed by atoms with Crippen LogP contribution in [0.5, 0.6) is 0 Å². The summed E-state index contributed by atoms with van der Waals surface area (Å²) in [5.74, 6) is -0.617. The van der Waals surface area contributed by atoms with E-state index in [0.717, 1.165) is 17.9 Å². The summed E-state index contributed by atoms with van der Waals surface area (Å²) in [5, 5.41) is 0. The highest BCUT2D eigenvalue weighted by molar-refractivity contribution is 8.89. The van der Waals surface area contributed by atoms with Crippen LogP contribution in [0.4, 0.5) is 0 Å². The van der Waals surface area contributed by atoms with E-state index in [4.69, 9.17) is 4.52 Å². The Kier molecular flexibility index (Phi) is 33.2. The lowest BCUT2D eigenvalue weighted by Gasteiger charge is -2.17. The van der Waals surface area contributed by atoms with Gasteiger partial charge in [0.1, 0.15) is 0 Å². The van der Waals surface area contributed by atoms with E-state index >= 15 is 0 Å². The van der Waals surface area contributed by atoms with Crippen molar-refractivity contribution in [2.45, 2.75) is 194 Å². The first-order valence-corrected chi connectivity index (χ1v) is 22.0. The van der Waals surface area contributed by atoms with Gasteiger partial charge in [-0.25, -0.2) is 0 Å². The zero-order chi connectivity index (χ0) is 27.8. The lowest BCUT2D eigenvalue weighted by molar-refractivity contribution is 0.321. The lowest BCUT2D eigenvalue weighted by Crippen LogP contribution is -1.93. The molecular formula is C33H69O2PS2. The standard InChI is InChI=1S/C33H69O2PS2/c1-4-7-10-13-16-19-22-25-28-31-35-36(34,37-32-29-26-23-20-17-14-11-8-5-2)38-33-30-27-24-21-18-15-12-9-6-3/h4-33H2,1-3H3. The molecule has 0 heterocycles. The van der Waals surface area contributed by atoms with Crippen LogP contribution in [0.15, 0.2) is 0 Å². The van der Waals surface area contributed by atoms with Crippen molar-refractivity contribution in [3.8, 4) is 0 Å². The average Bonchev–Trinajstić information content (AvgIpc) is 2.92. The first-order chi connectivity index (χ1) is 18.7. The zero-order valence-corrected chi connectivity index (χ0v) is 28.8. The molecule has 0 aliphatic rings. The monoisotopic (exact) mass is 592 g/mol. The molecule has 0 aromatic carbocycles. The summed E-state index contributed by atoms with van der Waals surface area (Å²) in [7, 11) is 0. The Morgan fingerprint density at radius 1 is 0.395 bits per heavy atom. The fourth-order valence-corrected chi connectivity index (χ4v) is 11.8. The summed E-state index contributed by atoms with van der Waals surface area (Å²) in [6.07, 6.45) is 36.0. The number of hydrogen-bond donors (Lipinski definition) is 0. The van der Waals surface area contributed by atoms with Crippen LogP contribution in [0.25, 0.3) is 0 Å². The molecule has 0 unspecified atom stereocenters. The van der Waals surface area contributed by atoms with Gasteiger partial charge < -0.3 is 4.52 Å². The van der Waals surface area contributed by atoms with Gasteiger partial charge in [0.25, 0.3) is 0 Å². The third-order valence-corrected chi connectivity index (χ3v) is 15.1. The van der Waals surface area contributed by atoms with Crippen molar-refractivity contribution in [2.75, 3.05) is 18.1 Å². The molecule has 0 aliphatic heterocycles. The maximum absolute atomic E-state index is 13.6. The summed E-state index contributed by atoms with van der Waals surface area (Å²) >= 11 is 3.31. The van der Waals surface area contributed by atoms with Crippen molar-refractivity contribution in [3.63, 3.8) is 0 Å². The topological polar surface area (TPSA) is 26.3 Å². The maximum atomic E-state index is 13.6. The third-order valence-electron chi connectivity index (χ3n) is 7.49. The molecule has 0 aliphatic carbocycles. The van der Waals surface area contributed by atoms with E-state index in [0.29, 0.717) is 6.61 Å². The van der Waals surface area contributed by atoms with Gasteiger partial charge >= 0.3 is 5.77 Å². The van der Waals surface area contributed by atoms with E-state index < -0.39 is 5.77 Å². The Hall–Kier alpha value is 0.890. The van der Waals surface area contributed by atoms with Crippen LogP contribution in [-0.2, 0) is 9.09 Å². The first kappa shape index (κ1) is 38.9. The van der Waals surface area contributed by atoms with Crippen molar-refractivity contribution >= 4 is 28.5 Å². The molecule has 0 spiro atoms. The van der Waals surface area contributed by atoms with Crippen LogP contribution >= 0.6 is 28.5 Å². The Morgan fingerprint density at radius 3 is 0.974 bits per heavy atom. The number of unbranched alkanes of at least 4 members (excludes halogenated alkanes) is 24. The summed E-state index contributed by atoms with van der Waals surface area (Å²) in [6, 6.07) is 0. The van der Waals surface area contributed by atoms with E-state index in [9.17, 15) is 4.57 Å². The maximum Gasteiger partial charge on any atom is 0.313 e. The minimum absolute atomic E-state index is 0.683. The number of rotatable bonds is 33. The van der Waals surface area contributed by atoms with Gasteiger partial charge in [-0.3, -0.25) is 4.57 Å². The molecule has 0 saturated heterocycles. The summed E-state index contributed by atoms with van der Waals surface area (Å²) < 4.78 is 19.8. The van der Waals surface area contributed by atoms with Gasteiger partial charge in [-0.2, -0.15) is 0 Å². The average molecular weight is 593 g/mol. The Labute approximate surface area is 249 Å². The molecule has 0 atom stereocenters. The molecule has 0 amide bonds. The zero-order valence-electron chi connectivity index (χ0n) is 26.3. The second-order valence-corrected chi connectivity index (χ2v) is 19.0. The fourth-order valence-electron chi connectivity index (χ4n) is 4.88. The van der Waals surface area contributed by atoms with Crippen molar-refractivity contribution in [1.82, 2.24) is 0 Å². The van der Waals surface area contributed by atoms with Crippen LogP contribution in [0.2, 0.25) is 0 Å². The molecule has 5 heteroatoms. The molecular weight excluding hydrogens is 523 g/mol. The molecule has 0 aromatic heterocycles. The Morgan fingerprint density at radius 2 is 0.658 bits per heavy atom. The van der Waals surface area contributed by atoms with Gasteiger partial charge in [0.05, 0.1) is 6.61 Å². The molecule has 230 valence electrons. The van der Waals surface area contributed by atoms with Crippen molar-refractivity contribution < 1.29 is 9.09 Å². The molecule has 0 rings (SSSR count). The van der Waals surface area contributed by atoms with Crippen molar-refractivity contribution in [3.05, 3.63) is 0 Å². The van der Waals surface area contributed by atoms with E-state index in [1.54, 1.807) is 22.8 Å². The van der Waals surface area contributed by atoms with Crippen LogP contribution < -0.4 is 0 Å². The second-order valence-electron chi connectivity index (χ2n) is 11.4. The molecule has 0 bridgehead atoms. The van der Waals surface area contributed by atoms with E-state index in [1.165, 1.54) is 167 Å². The quantitative estimate of drug-likeness (QED) is 0.0559. The van der Waals surface area contributed by atoms with Crippen molar-refractivity contribution in [1.29, 1.82) is 0 Å². The molecule has 0 aromatic rings. The van der Waals surface area contributed by atoms with Gasteiger partial charge in [0, 0.05) is 11.5 Å². The summed E-state index contributed by atoms with van der Waals surface area (Å²) in [5.41, 5.74) is 0. The minimum atomic E-state index is -2.61. The third kappa shape index (κ3) is 29.9. The largest absolute Gasteiger partial charge is 0.314 e. The van der Waals surface area contributed by atoms with E-state index in [1.807, 2.05) is 0 Å². The summed E-state index contributed by atoms with van der Waals surface area (Å²) in [6.45, 7) is 7.53. The molecule has 38 heavy (non-hydrogen) atoms. The van der Waals surface area contributed by atoms with Gasteiger partial charge in [0.2, 0.25) is 0 Å². The predicted octanol–water partition coefficient (Wildman–Crippen LogP) is 14.2. The van der Waals surface area contributed by atoms with Gasteiger partial charge in [0.15, 0.2) is 0 Å². The van der Waals surface area contributed by atoms with Crippen LogP contribution in [0.1, 0.15) is 194 Å². The second kappa shape index (κ2) is 32.4. The molecule has 0 fully saturated rings. The molecule has 0 saturated carbocycles. The normalized spacial score (nSPS) is 12.0. The van der Waals surface area contributed by atoms with E-state index in [-0.39, 0.29) is 0 Å². The minimum Gasteiger partial charge on any atom is -0.314 e. The summed E-state index contributed by atoms with van der Waals surface area (Å²) in [4.78, 5) is 0. The predicted molar refractivity (Wildman–Crippen MR) is 180 cm³/mol. The van der Waals surface area contributed by atoms with E-state index in [2.05, 4.69) is 20.8 Å². The highest BCUT2D eigenvalue weighted by Gasteiger charge is 2.24. The highest BCUT2D eigenvalue weighted by Crippen LogP contribution is 2.70. The lowest BCUT2D eigenvalue weighted by atomic mass is 10.1. The molecule has 0 radical (unpaired) electrons. The van der Waals surface area contributed by atoms with Gasteiger partial charge in [-0.15, -0.1) is 0 Å². The smallest absolute Gasteiger partial charge is 0.313 e. The van der Waals surface area contributed by atoms with Gasteiger partial charge in [-0.1, -0.05) is 198 Å². The molecule has 2 nitrogen and oxygen atoms in total. The van der Waals surface area contributed by atoms with Crippen LogP contribution in [0, 0.1) is 0 Å². The Balaban J connectivity index is 4.07. The van der Waals surface area contributed by atoms with Crippen LogP contribution in [0.3, 0.4) is 0 Å². The fraction of sp³-hybridized carbons (Fsp3) is 1.00. The number of hydrogen-bond acceptors (Lipinski definition) is 4. The Bertz CT molecular complexity index is 423.